The number of nitrogens with one attached hydrogen (secondary N) is 1. The summed E-state index contributed by atoms with van der Waals surface area (Å²) in [6.07, 6.45) is 8.12. The Labute approximate surface area is 106 Å². The van der Waals surface area contributed by atoms with Crippen LogP contribution < -0.4 is 5.32 Å². The van der Waals surface area contributed by atoms with Gasteiger partial charge in [-0.2, -0.15) is 10.2 Å². The van der Waals surface area contributed by atoms with Crippen molar-refractivity contribution in [2.75, 3.05) is 6.54 Å². The first kappa shape index (κ1) is 12.3. The minimum atomic E-state index is -0.0152. The number of rotatable bonds is 6. The second kappa shape index (κ2) is 6.00. The Morgan fingerprint density at radius 3 is 2.94 bits per heavy atom. The smallest absolute Gasteiger partial charge is 0.241 e. The van der Waals surface area contributed by atoms with Gasteiger partial charge in [-0.25, -0.2) is 0 Å². The summed E-state index contributed by atoms with van der Waals surface area (Å²) >= 11 is 0. The van der Waals surface area contributed by atoms with Gasteiger partial charge in [0.2, 0.25) is 5.91 Å². The van der Waals surface area contributed by atoms with Crippen LogP contribution in [-0.4, -0.2) is 32.0 Å². The van der Waals surface area contributed by atoms with Crippen molar-refractivity contribution in [3.8, 4) is 0 Å². The minimum Gasteiger partial charge on any atom is -0.354 e. The molecule has 18 heavy (non-hydrogen) atoms. The molecule has 0 unspecified atom stereocenters. The van der Waals surface area contributed by atoms with Crippen molar-refractivity contribution >= 4 is 5.91 Å². The molecule has 0 aliphatic heterocycles. The molecule has 2 heterocycles. The number of aromatic nitrogens is 4. The molecule has 1 N–H and O–H groups in total. The zero-order chi connectivity index (χ0) is 12.8. The molecule has 0 radical (unpaired) electrons. The topological polar surface area (TPSA) is 64.7 Å². The first-order valence-electron chi connectivity index (χ1n) is 5.97. The van der Waals surface area contributed by atoms with Gasteiger partial charge in [-0.3, -0.25) is 14.2 Å². The molecular formula is C12H17N5O. The van der Waals surface area contributed by atoms with Gasteiger partial charge in [-0.1, -0.05) is 0 Å². The zero-order valence-corrected chi connectivity index (χ0v) is 10.4. The lowest BCUT2D eigenvalue weighted by molar-refractivity contribution is -0.121. The first-order valence-corrected chi connectivity index (χ1v) is 5.97. The number of carbonyl (C=O) groups excluding carboxylic acids is 1. The summed E-state index contributed by atoms with van der Waals surface area (Å²) in [5.74, 6) is -0.0152. The van der Waals surface area contributed by atoms with Gasteiger partial charge in [0.25, 0.3) is 0 Å². The molecule has 0 bridgehead atoms. The lowest BCUT2D eigenvalue weighted by atomic mass is 10.4. The maximum Gasteiger partial charge on any atom is 0.241 e. The fraction of sp³-hybridized carbons (Fsp3) is 0.417. The Kier molecular flexibility index (Phi) is 4.11. The molecule has 0 saturated carbocycles. The van der Waals surface area contributed by atoms with Gasteiger partial charge in [0.1, 0.15) is 6.54 Å². The van der Waals surface area contributed by atoms with E-state index in [9.17, 15) is 4.79 Å². The normalized spacial score (nSPS) is 10.5. The Balaban J connectivity index is 1.63. The highest BCUT2D eigenvalue weighted by Gasteiger charge is 2.02. The Bertz CT molecular complexity index is 488. The van der Waals surface area contributed by atoms with E-state index >= 15 is 0 Å². The summed E-state index contributed by atoms with van der Waals surface area (Å²) in [5.41, 5.74) is 1.06. The summed E-state index contributed by atoms with van der Waals surface area (Å²) in [7, 11) is 0. The molecule has 0 atom stereocenters. The lowest BCUT2D eigenvalue weighted by Gasteiger charge is -2.05. The summed E-state index contributed by atoms with van der Waals surface area (Å²) in [6, 6.07) is 1.89. The number of amides is 1. The average molecular weight is 247 g/mol. The van der Waals surface area contributed by atoms with E-state index in [1.165, 1.54) is 0 Å². The molecule has 1 amide bonds. The van der Waals surface area contributed by atoms with E-state index in [1.54, 1.807) is 17.1 Å². The summed E-state index contributed by atoms with van der Waals surface area (Å²) in [5, 5.41) is 11.0. The van der Waals surface area contributed by atoms with E-state index in [2.05, 4.69) is 15.5 Å². The third-order valence-corrected chi connectivity index (χ3v) is 2.51. The molecule has 0 aliphatic rings. The standard InChI is InChI=1S/C12H17N5O/c1-11-8-15-17(9-11)10-12(18)13-4-2-6-16-7-3-5-14-16/h3,5,7-9H,2,4,6,10H2,1H3,(H,13,18). The molecule has 0 spiro atoms. The Hall–Kier alpha value is -2.11. The monoisotopic (exact) mass is 247 g/mol. The van der Waals surface area contributed by atoms with E-state index in [1.807, 2.05) is 30.1 Å². The van der Waals surface area contributed by atoms with Crippen molar-refractivity contribution in [2.24, 2.45) is 0 Å². The second-order valence-corrected chi connectivity index (χ2v) is 4.19. The SMILES string of the molecule is Cc1cnn(CC(=O)NCCCn2cccn2)c1. The van der Waals surface area contributed by atoms with E-state index in [4.69, 9.17) is 0 Å². The van der Waals surface area contributed by atoms with Crippen LogP contribution in [-0.2, 0) is 17.9 Å². The average Bonchev–Trinajstić information content (AvgIpc) is 2.96. The zero-order valence-electron chi connectivity index (χ0n) is 10.4. The van der Waals surface area contributed by atoms with Crippen molar-refractivity contribution in [3.63, 3.8) is 0 Å². The molecule has 6 heteroatoms. The van der Waals surface area contributed by atoms with Gasteiger partial charge >= 0.3 is 0 Å². The fourth-order valence-electron chi connectivity index (χ4n) is 1.66. The van der Waals surface area contributed by atoms with Gasteiger partial charge < -0.3 is 5.32 Å². The van der Waals surface area contributed by atoms with Crippen LogP contribution in [0.1, 0.15) is 12.0 Å². The van der Waals surface area contributed by atoms with Gasteiger partial charge in [-0.05, 0) is 25.0 Å². The van der Waals surface area contributed by atoms with Crippen LogP contribution >= 0.6 is 0 Å². The number of nitrogens with zero attached hydrogens (tertiary/aromatic N) is 4. The molecule has 0 aromatic carbocycles. The molecule has 2 rings (SSSR count). The lowest BCUT2D eigenvalue weighted by Crippen LogP contribution is -2.29. The summed E-state index contributed by atoms with van der Waals surface area (Å²) in [6.45, 7) is 3.69. The van der Waals surface area contributed by atoms with Crippen LogP contribution in [0.25, 0.3) is 0 Å². The summed E-state index contributed by atoms with van der Waals surface area (Å²) < 4.78 is 3.49. The maximum atomic E-state index is 11.6. The third kappa shape index (κ3) is 3.73. The highest BCUT2D eigenvalue weighted by atomic mass is 16.2. The number of hydrogen-bond acceptors (Lipinski definition) is 3. The predicted octanol–water partition coefficient (Wildman–Crippen LogP) is 0.595. The summed E-state index contributed by atoms with van der Waals surface area (Å²) in [4.78, 5) is 11.6. The molecule has 2 aromatic rings. The molecular weight excluding hydrogens is 230 g/mol. The van der Waals surface area contributed by atoms with Crippen LogP contribution in [0.4, 0.5) is 0 Å². The van der Waals surface area contributed by atoms with Crippen LogP contribution in [0.2, 0.25) is 0 Å². The first-order chi connectivity index (χ1) is 8.74. The van der Waals surface area contributed by atoms with Crippen LogP contribution in [0.5, 0.6) is 0 Å². The fourth-order valence-corrected chi connectivity index (χ4v) is 1.66. The molecule has 0 aliphatic carbocycles. The van der Waals surface area contributed by atoms with E-state index in [-0.39, 0.29) is 12.5 Å². The van der Waals surface area contributed by atoms with E-state index in [0.717, 1.165) is 18.5 Å². The molecule has 2 aromatic heterocycles. The molecule has 96 valence electrons. The third-order valence-electron chi connectivity index (χ3n) is 2.51. The second-order valence-electron chi connectivity index (χ2n) is 4.19. The van der Waals surface area contributed by atoms with E-state index < -0.39 is 0 Å². The van der Waals surface area contributed by atoms with Gasteiger partial charge in [0.15, 0.2) is 0 Å². The minimum absolute atomic E-state index is 0.0152. The number of aryl methyl sites for hydroxylation is 2. The molecule has 6 nitrogen and oxygen atoms in total. The number of carbonyl (C=O) groups is 1. The maximum absolute atomic E-state index is 11.6. The van der Waals surface area contributed by atoms with Gasteiger partial charge in [0, 0.05) is 31.7 Å². The highest BCUT2D eigenvalue weighted by molar-refractivity contribution is 5.75. The van der Waals surface area contributed by atoms with Crippen molar-refractivity contribution < 1.29 is 4.79 Å². The van der Waals surface area contributed by atoms with E-state index in [0.29, 0.717) is 6.54 Å². The van der Waals surface area contributed by atoms with Crippen LogP contribution in [0, 0.1) is 6.92 Å². The number of hydrogen-bond donors (Lipinski definition) is 1. The Morgan fingerprint density at radius 1 is 1.39 bits per heavy atom. The molecule has 0 saturated heterocycles. The van der Waals surface area contributed by atoms with Crippen molar-refractivity contribution in [1.29, 1.82) is 0 Å². The quantitative estimate of drug-likeness (QED) is 0.760. The Morgan fingerprint density at radius 2 is 2.28 bits per heavy atom. The van der Waals surface area contributed by atoms with Gasteiger partial charge in [-0.15, -0.1) is 0 Å². The van der Waals surface area contributed by atoms with Crippen LogP contribution in [0.3, 0.4) is 0 Å². The largest absolute Gasteiger partial charge is 0.354 e. The van der Waals surface area contributed by atoms with Crippen molar-refractivity contribution in [2.45, 2.75) is 26.4 Å². The van der Waals surface area contributed by atoms with Gasteiger partial charge in [0.05, 0.1) is 6.20 Å². The molecule has 0 fully saturated rings. The van der Waals surface area contributed by atoms with Crippen LogP contribution in [0.15, 0.2) is 30.9 Å². The van der Waals surface area contributed by atoms with Crippen molar-refractivity contribution in [1.82, 2.24) is 24.9 Å². The predicted molar refractivity (Wildman–Crippen MR) is 66.8 cm³/mol. The highest BCUT2D eigenvalue weighted by Crippen LogP contribution is 1.93. The van der Waals surface area contributed by atoms with Crippen molar-refractivity contribution in [3.05, 3.63) is 36.4 Å².